The summed E-state index contributed by atoms with van der Waals surface area (Å²) in [6.45, 7) is 5.18. The molecule has 0 aromatic heterocycles. The molecule has 2 fully saturated rings. The monoisotopic (exact) mass is 295 g/mol. The first-order valence-corrected chi connectivity index (χ1v) is 8.49. The summed E-state index contributed by atoms with van der Waals surface area (Å²) in [5.41, 5.74) is 0. The van der Waals surface area contributed by atoms with Crippen molar-refractivity contribution in [2.45, 2.75) is 57.9 Å². The lowest BCUT2D eigenvalue weighted by atomic mass is 9.89. The zero-order valence-corrected chi connectivity index (χ0v) is 13.2. The van der Waals surface area contributed by atoms with E-state index in [9.17, 15) is 9.59 Å². The SMILES string of the molecule is CCCN1CCNC(CC(=O)NCC2CCCCC2)C1=O. The zero-order chi connectivity index (χ0) is 15.1. The van der Waals surface area contributed by atoms with Crippen LogP contribution in [0.1, 0.15) is 51.9 Å². The molecule has 1 heterocycles. The van der Waals surface area contributed by atoms with Crippen molar-refractivity contribution in [3.8, 4) is 0 Å². The maximum absolute atomic E-state index is 12.2. The van der Waals surface area contributed by atoms with Gasteiger partial charge in [0, 0.05) is 26.2 Å². The van der Waals surface area contributed by atoms with E-state index in [1.165, 1.54) is 32.1 Å². The van der Waals surface area contributed by atoms with E-state index in [0.29, 0.717) is 5.92 Å². The first-order valence-electron chi connectivity index (χ1n) is 8.49. The van der Waals surface area contributed by atoms with Crippen molar-refractivity contribution < 1.29 is 9.59 Å². The Morgan fingerprint density at radius 2 is 2.10 bits per heavy atom. The fourth-order valence-corrected chi connectivity index (χ4v) is 3.35. The molecule has 1 saturated carbocycles. The minimum Gasteiger partial charge on any atom is -0.356 e. The number of carbonyl (C=O) groups excluding carboxylic acids is 2. The van der Waals surface area contributed by atoms with Crippen LogP contribution < -0.4 is 10.6 Å². The Labute approximate surface area is 127 Å². The maximum Gasteiger partial charge on any atom is 0.240 e. The summed E-state index contributed by atoms with van der Waals surface area (Å²) in [5, 5.41) is 6.19. The van der Waals surface area contributed by atoms with Crippen LogP contribution in [0, 0.1) is 5.92 Å². The Hall–Kier alpha value is -1.10. The van der Waals surface area contributed by atoms with Gasteiger partial charge in [-0.3, -0.25) is 9.59 Å². The molecule has 1 aliphatic heterocycles. The van der Waals surface area contributed by atoms with Gasteiger partial charge < -0.3 is 15.5 Å². The number of amides is 2. The molecule has 2 aliphatic rings. The molecule has 1 aliphatic carbocycles. The molecule has 2 rings (SSSR count). The third-order valence-electron chi connectivity index (χ3n) is 4.58. The Kier molecular flexibility index (Phi) is 6.49. The topological polar surface area (TPSA) is 61.4 Å². The second-order valence-electron chi connectivity index (χ2n) is 6.34. The van der Waals surface area contributed by atoms with Crippen LogP contribution in [0.2, 0.25) is 0 Å². The molecule has 5 nitrogen and oxygen atoms in total. The summed E-state index contributed by atoms with van der Waals surface area (Å²) >= 11 is 0. The lowest BCUT2D eigenvalue weighted by molar-refractivity contribution is -0.138. The number of carbonyl (C=O) groups is 2. The van der Waals surface area contributed by atoms with Gasteiger partial charge in [-0.25, -0.2) is 0 Å². The molecule has 1 unspecified atom stereocenters. The maximum atomic E-state index is 12.2. The van der Waals surface area contributed by atoms with Crippen LogP contribution in [0.25, 0.3) is 0 Å². The molecule has 1 atom stereocenters. The van der Waals surface area contributed by atoms with Crippen molar-refractivity contribution >= 4 is 11.8 Å². The van der Waals surface area contributed by atoms with Gasteiger partial charge in [-0.1, -0.05) is 26.2 Å². The van der Waals surface area contributed by atoms with Gasteiger partial charge in [0.05, 0.1) is 12.5 Å². The smallest absolute Gasteiger partial charge is 0.240 e. The van der Waals surface area contributed by atoms with E-state index in [4.69, 9.17) is 0 Å². The largest absolute Gasteiger partial charge is 0.356 e. The Morgan fingerprint density at radius 1 is 1.33 bits per heavy atom. The highest BCUT2D eigenvalue weighted by Crippen LogP contribution is 2.22. The van der Waals surface area contributed by atoms with Crippen LogP contribution in [-0.2, 0) is 9.59 Å². The Bertz CT molecular complexity index is 351. The standard InChI is InChI=1S/C16H29N3O2/c1-2-9-19-10-8-17-14(16(19)21)11-15(20)18-12-13-6-4-3-5-7-13/h13-14,17H,2-12H2,1H3,(H,18,20). The van der Waals surface area contributed by atoms with Crippen molar-refractivity contribution in [1.82, 2.24) is 15.5 Å². The minimum absolute atomic E-state index is 0.00442. The normalized spacial score (nSPS) is 24.1. The van der Waals surface area contributed by atoms with E-state index >= 15 is 0 Å². The first-order chi connectivity index (χ1) is 10.2. The highest BCUT2D eigenvalue weighted by atomic mass is 16.2. The van der Waals surface area contributed by atoms with Gasteiger partial charge in [0.15, 0.2) is 0 Å². The van der Waals surface area contributed by atoms with E-state index in [1.807, 2.05) is 4.90 Å². The second-order valence-corrected chi connectivity index (χ2v) is 6.34. The zero-order valence-electron chi connectivity index (χ0n) is 13.2. The summed E-state index contributed by atoms with van der Waals surface area (Å²) < 4.78 is 0. The molecular formula is C16H29N3O2. The van der Waals surface area contributed by atoms with E-state index in [2.05, 4.69) is 17.6 Å². The molecule has 0 radical (unpaired) electrons. The van der Waals surface area contributed by atoms with Crippen molar-refractivity contribution in [3.63, 3.8) is 0 Å². The van der Waals surface area contributed by atoms with Gasteiger partial charge >= 0.3 is 0 Å². The average molecular weight is 295 g/mol. The van der Waals surface area contributed by atoms with Crippen LogP contribution in [0.5, 0.6) is 0 Å². The minimum atomic E-state index is -0.336. The Balaban J connectivity index is 1.72. The number of piperazine rings is 1. The van der Waals surface area contributed by atoms with Crippen LogP contribution in [0.15, 0.2) is 0 Å². The highest BCUT2D eigenvalue weighted by molar-refractivity contribution is 5.88. The summed E-state index contributed by atoms with van der Waals surface area (Å²) in [7, 11) is 0. The number of nitrogens with zero attached hydrogens (tertiary/aromatic N) is 1. The van der Waals surface area contributed by atoms with Gasteiger partial charge in [0.1, 0.15) is 0 Å². The predicted molar refractivity (Wildman–Crippen MR) is 82.9 cm³/mol. The van der Waals surface area contributed by atoms with Gasteiger partial charge in [0.2, 0.25) is 11.8 Å². The van der Waals surface area contributed by atoms with Crippen molar-refractivity contribution in [2.24, 2.45) is 5.92 Å². The molecule has 1 saturated heterocycles. The third kappa shape index (κ3) is 4.99. The van der Waals surface area contributed by atoms with Crippen molar-refractivity contribution in [3.05, 3.63) is 0 Å². The quantitative estimate of drug-likeness (QED) is 0.776. The predicted octanol–water partition coefficient (Wildman–Crippen LogP) is 1.28. The average Bonchev–Trinajstić information content (AvgIpc) is 2.50. The highest BCUT2D eigenvalue weighted by Gasteiger charge is 2.29. The van der Waals surface area contributed by atoms with Gasteiger partial charge in [0.25, 0.3) is 0 Å². The van der Waals surface area contributed by atoms with E-state index in [1.54, 1.807) is 0 Å². The number of hydrogen-bond acceptors (Lipinski definition) is 3. The van der Waals surface area contributed by atoms with E-state index in [-0.39, 0.29) is 24.3 Å². The molecule has 120 valence electrons. The van der Waals surface area contributed by atoms with Crippen LogP contribution in [0.4, 0.5) is 0 Å². The molecular weight excluding hydrogens is 266 g/mol. The summed E-state index contributed by atoms with van der Waals surface area (Å²) in [6.07, 6.45) is 7.59. The number of nitrogens with one attached hydrogen (secondary N) is 2. The van der Waals surface area contributed by atoms with E-state index in [0.717, 1.165) is 32.6 Å². The fourth-order valence-electron chi connectivity index (χ4n) is 3.35. The lowest BCUT2D eigenvalue weighted by Crippen LogP contribution is -2.56. The van der Waals surface area contributed by atoms with Crippen molar-refractivity contribution in [2.75, 3.05) is 26.2 Å². The first kappa shape index (κ1) is 16.3. The van der Waals surface area contributed by atoms with Crippen LogP contribution in [-0.4, -0.2) is 48.9 Å². The molecule has 0 bridgehead atoms. The van der Waals surface area contributed by atoms with E-state index < -0.39 is 0 Å². The van der Waals surface area contributed by atoms with Gasteiger partial charge in [-0.2, -0.15) is 0 Å². The second kappa shape index (κ2) is 8.37. The molecule has 21 heavy (non-hydrogen) atoms. The number of hydrogen-bond donors (Lipinski definition) is 2. The summed E-state index contributed by atoms with van der Waals surface area (Å²) in [6, 6.07) is -0.336. The van der Waals surface area contributed by atoms with Crippen LogP contribution >= 0.6 is 0 Å². The lowest BCUT2D eigenvalue weighted by Gasteiger charge is -2.32. The summed E-state index contributed by atoms with van der Waals surface area (Å²) in [4.78, 5) is 26.2. The van der Waals surface area contributed by atoms with Gasteiger partial charge in [-0.15, -0.1) is 0 Å². The summed E-state index contributed by atoms with van der Waals surface area (Å²) in [5.74, 6) is 0.718. The molecule has 2 N–H and O–H groups in total. The molecule has 0 aromatic carbocycles. The van der Waals surface area contributed by atoms with Gasteiger partial charge in [-0.05, 0) is 25.2 Å². The van der Waals surface area contributed by atoms with Crippen molar-refractivity contribution in [1.29, 1.82) is 0 Å². The number of rotatable bonds is 6. The third-order valence-corrected chi connectivity index (χ3v) is 4.58. The Morgan fingerprint density at radius 3 is 2.81 bits per heavy atom. The molecule has 2 amide bonds. The van der Waals surface area contributed by atoms with Crippen LogP contribution in [0.3, 0.4) is 0 Å². The molecule has 0 aromatic rings. The fraction of sp³-hybridized carbons (Fsp3) is 0.875. The molecule has 0 spiro atoms. The molecule has 5 heteroatoms.